The zero-order valence-corrected chi connectivity index (χ0v) is 33.2. The van der Waals surface area contributed by atoms with Gasteiger partial charge < -0.3 is 25.8 Å². The summed E-state index contributed by atoms with van der Waals surface area (Å²) in [5, 5.41) is 25.2. The molecule has 0 aliphatic carbocycles. The van der Waals surface area contributed by atoms with E-state index < -0.39 is 0 Å². The fraction of sp³-hybridized carbons (Fsp3) is 0.200. The summed E-state index contributed by atoms with van der Waals surface area (Å²) in [5.41, 5.74) is 13.8. The van der Waals surface area contributed by atoms with Crippen LogP contribution < -0.4 is 25.8 Å². The molecule has 0 saturated heterocycles. The summed E-state index contributed by atoms with van der Waals surface area (Å²) in [6.07, 6.45) is 1.27. The van der Waals surface area contributed by atoms with E-state index in [1.165, 1.54) is 6.34 Å². The lowest BCUT2D eigenvalue weighted by Gasteiger charge is -2.22. The second kappa shape index (κ2) is 16.8. The van der Waals surface area contributed by atoms with Gasteiger partial charge in [-0.3, -0.25) is 4.79 Å². The van der Waals surface area contributed by atoms with E-state index in [1.54, 1.807) is 60.5 Å². The van der Waals surface area contributed by atoms with E-state index in [0.717, 1.165) is 70.6 Å². The normalized spacial score (nSPS) is 13.2. The van der Waals surface area contributed by atoms with Crippen LogP contribution in [0.3, 0.4) is 0 Å². The zero-order valence-electron chi connectivity index (χ0n) is 33.2. The number of fused-ring (bicyclic) bond motifs is 2. The van der Waals surface area contributed by atoms with Gasteiger partial charge in [-0.05, 0) is 112 Å². The molecule has 58 heavy (non-hydrogen) atoms. The van der Waals surface area contributed by atoms with Crippen LogP contribution in [0.4, 0.5) is 34.1 Å². The van der Waals surface area contributed by atoms with Crippen molar-refractivity contribution in [1.29, 1.82) is 0 Å². The molecule has 7 rings (SSSR count). The smallest absolute Gasteiger partial charge is 0.397 e. The Morgan fingerprint density at radius 3 is 1.91 bits per heavy atom. The number of amidine groups is 2. The van der Waals surface area contributed by atoms with E-state index in [0.29, 0.717) is 28.3 Å². The molecule has 1 aliphatic heterocycles. The number of nitrogen functional groups attached to an aromatic ring is 1. The van der Waals surface area contributed by atoms with E-state index in [-0.39, 0.29) is 28.2 Å². The Bertz CT molecular complexity index is 2540. The standard InChI is InChI=1S/C45H46N9O4/c1-6-52(7-2)33-22-24-37-39(26-33)58-40-27-34(53(8-3)9-4)23-25-38(40)41(37)35-12-10-11-13-36(35)45(55)51(5)32-20-18-31(19-21-32)50-44-42(54(56)57)43(47-28-48-44)49-30-16-14-29(46)15-17-30/h10-28,46,56-57H,6-9H2,1-5H3,(H,47,48,50)/q+1/p+1. The minimum atomic E-state index is -0.193. The third-order valence-electron chi connectivity index (χ3n) is 10.3. The predicted molar refractivity (Wildman–Crippen MR) is 236 cm³/mol. The monoisotopic (exact) mass is 777 g/mol. The molecule has 1 aliphatic rings. The van der Waals surface area contributed by atoms with Gasteiger partial charge in [-0.2, -0.15) is 0 Å². The maximum atomic E-state index is 14.5. The largest absolute Gasteiger partial charge is 0.399 e. The first-order chi connectivity index (χ1) is 28.1. The summed E-state index contributed by atoms with van der Waals surface area (Å²) in [7, 11) is 1.74. The van der Waals surface area contributed by atoms with Crippen molar-refractivity contribution in [3.05, 3.63) is 115 Å². The minimum Gasteiger partial charge on any atom is -0.399 e. The molecule has 6 aromatic rings. The summed E-state index contributed by atoms with van der Waals surface area (Å²) in [6.45, 7) is 12.0. The molecule has 1 aromatic heterocycles. The van der Waals surface area contributed by atoms with Gasteiger partial charge in [0.1, 0.15) is 6.34 Å². The van der Waals surface area contributed by atoms with Crippen molar-refractivity contribution in [2.75, 3.05) is 59.0 Å². The Kier molecular flexibility index (Phi) is 11.3. The highest BCUT2D eigenvalue weighted by molar-refractivity contribution is 6.70. The number of nitrogens with one attached hydrogen (secondary N) is 1. The Balaban J connectivity index is 1.22. The number of benzene rings is 5. The first kappa shape index (κ1) is 39.0. The quantitative estimate of drug-likeness (QED) is 0.0334. The van der Waals surface area contributed by atoms with Crippen LogP contribution in [0.15, 0.2) is 129 Å². The van der Waals surface area contributed by atoms with E-state index in [2.05, 4.69) is 94.2 Å². The van der Waals surface area contributed by atoms with Crippen molar-refractivity contribution in [3.8, 4) is 11.1 Å². The summed E-state index contributed by atoms with van der Waals surface area (Å²) >= 11 is 0. The zero-order chi connectivity index (χ0) is 40.9. The molecule has 1 amide bonds. The second-order valence-corrected chi connectivity index (χ2v) is 13.7. The van der Waals surface area contributed by atoms with Crippen LogP contribution in [0.5, 0.6) is 0 Å². The van der Waals surface area contributed by atoms with Gasteiger partial charge in [-0.15, -0.1) is 0 Å². The first-order valence-corrected chi connectivity index (χ1v) is 19.3. The van der Waals surface area contributed by atoms with Crippen molar-refractivity contribution in [2.45, 2.75) is 27.7 Å². The molecule has 5 aromatic carbocycles. The molecule has 0 bridgehead atoms. The molecule has 2 heterocycles. The van der Waals surface area contributed by atoms with Crippen molar-refractivity contribution in [3.63, 3.8) is 0 Å². The van der Waals surface area contributed by atoms with Crippen molar-refractivity contribution >= 4 is 85.7 Å². The number of carbonyl (C=O) groups excluding carboxylic acids is 1. The van der Waals surface area contributed by atoms with Crippen LogP contribution >= 0.6 is 0 Å². The Labute approximate surface area is 336 Å². The van der Waals surface area contributed by atoms with Gasteiger partial charge in [0.25, 0.3) is 5.91 Å². The van der Waals surface area contributed by atoms with Crippen LogP contribution in [-0.2, 0) is 0 Å². The second-order valence-electron chi connectivity index (χ2n) is 13.7. The van der Waals surface area contributed by atoms with E-state index >= 15 is 0 Å². The average molecular weight is 778 g/mol. The number of hydrogen-bond acceptors (Lipinski definition) is 9. The molecular weight excluding hydrogens is 731 g/mol. The highest BCUT2D eigenvalue weighted by Gasteiger charge is 2.33. The molecule has 0 unspecified atom stereocenters. The SMILES string of the molecule is CCN(CC)c1ccc2c(-c3ccccc3C(=O)N(C)c3ccc(NC4=NC=NC(=Nc5ccc(N)cc5)C4=[N+](O)O)cc3)c3ccc(N(CC)CC)cc3[o+]c2c1. The lowest BCUT2D eigenvalue weighted by Crippen LogP contribution is -2.38. The molecule has 0 radical (unpaired) electrons. The lowest BCUT2D eigenvalue weighted by molar-refractivity contribution is -0.953. The summed E-state index contributed by atoms with van der Waals surface area (Å²) in [6, 6.07) is 34.2. The molecular formula is C45H47N9O4+2. The number of nitrogens with zero attached hydrogens (tertiary/aromatic N) is 7. The van der Waals surface area contributed by atoms with Gasteiger partial charge in [0.05, 0.1) is 28.6 Å². The molecule has 13 nitrogen and oxygen atoms in total. The van der Waals surface area contributed by atoms with Crippen molar-refractivity contribution < 1.29 is 24.5 Å². The number of rotatable bonds is 11. The van der Waals surface area contributed by atoms with Crippen LogP contribution in [0, 0.1) is 0 Å². The molecule has 294 valence electrons. The predicted octanol–water partition coefficient (Wildman–Crippen LogP) is 8.90. The summed E-state index contributed by atoms with van der Waals surface area (Å²) in [4.78, 5) is 33.4. The van der Waals surface area contributed by atoms with Crippen molar-refractivity contribution in [2.24, 2.45) is 15.0 Å². The molecule has 0 saturated carbocycles. The fourth-order valence-corrected chi connectivity index (χ4v) is 7.22. The number of anilines is 5. The van der Waals surface area contributed by atoms with E-state index in [4.69, 9.17) is 10.2 Å². The van der Waals surface area contributed by atoms with E-state index in [9.17, 15) is 15.2 Å². The molecule has 13 heteroatoms. The van der Waals surface area contributed by atoms with Gasteiger partial charge in [-0.25, -0.2) is 29.8 Å². The highest BCUT2D eigenvalue weighted by atomic mass is 16.8. The molecule has 0 fully saturated rings. The van der Waals surface area contributed by atoms with Crippen LogP contribution in [-0.4, -0.2) is 78.2 Å². The van der Waals surface area contributed by atoms with Crippen molar-refractivity contribution in [1.82, 2.24) is 0 Å². The van der Waals surface area contributed by atoms with Crippen LogP contribution in [0.25, 0.3) is 33.1 Å². The third kappa shape index (κ3) is 7.74. The third-order valence-corrected chi connectivity index (χ3v) is 10.3. The number of hydrogen-bond donors (Lipinski definition) is 4. The Morgan fingerprint density at radius 2 is 1.34 bits per heavy atom. The summed E-state index contributed by atoms with van der Waals surface area (Å²) < 4.78 is 6.69. The van der Waals surface area contributed by atoms with Gasteiger partial charge in [0.15, 0.2) is 0 Å². The number of nitrogens with two attached hydrogens (primary N) is 1. The van der Waals surface area contributed by atoms with Gasteiger partial charge in [0.2, 0.25) is 16.6 Å². The minimum absolute atomic E-state index is 0.0224. The van der Waals surface area contributed by atoms with Gasteiger partial charge >= 0.3 is 16.9 Å². The maximum absolute atomic E-state index is 14.5. The summed E-state index contributed by atoms with van der Waals surface area (Å²) in [5.74, 6) is -0.0712. The Morgan fingerprint density at radius 1 is 0.776 bits per heavy atom. The average Bonchev–Trinajstić information content (AvgIpc) is 3.24. The number of amides is 1. The number of aliphatic imine (C=N–C) groups is 3. The maximum Gasteiger partial charge on any atom is 0.397 e. The number of carbonyl (C=O) groups is 1. The van der Waals surface area contributed by atoms with Crippen LogP contribution in [0.2, 0.25) is 0 Å². The first-order valence-electron chi connectivity index (χ1n) is 19.3. The fourth-order valence-electron chi connectivity index (χ4n) is 7.22. The molecule has 0 spiro atoms. The topological polar surface area (TPSA) is 157 Å². The van der Waals surface area contributed by atoms with E-state index in [1.807, 2.05) is 24.3 Å². The molecule has 5 N–H and O–H groups in total. The lowest BCUT2D eigenvalue weighted by atomic mass is 9.92. The van der Waals surface area contributed by atoms with Gasteiger partial charge in [-0.1, -0.05) is 18.2 Å². The Hall–Kier alpha value is -7.28. The highest BCUT2D eigenvalue weighted by Crippen LogP contribution is 2.41. The van der Waals surface area contributed by atoms with Gasteiger partial charge in [0, 0.05) is 72.8 Å². The molecule has 0 atom stereocenters. The van der Waals surface area contributed by atoms with Crippen LogP contribution in [0.1, 0.15) is 38.1 Å².